The molecular formula is C15H27N5. The summed E-state index contributed by atoms with van der Waals surface area (Å²) < 4.78 is 2.27. The number of anilines is 1. The van der Waals surface area contributed by atoms with Gasteiger partial charge in [-0.05, 0) is 46.2 Å². The van der Waals surface area contributed by atoms with E-state index in [1.54, 1.807) is 0 Å². The van der Waals surface area contributed by atoms with E-state index in [1.165, 1.54) is 6.42 Å². The minimum atomic E-state index is 0.420. The quantitative estimate of drug-likeness (QED) is 0.909. The van der Waals surface area contributed by atoms with Gasteiger partial charge in [-0.3, -0.25) is 4.90 Å². The molecule has 2 aliphatic rings. The van der Waals surface area contributed by atoms with Gasteiger partial charge < -0.3 is 15.2 Å². The Morgan fingerprint density at radius 3 is 2.65 bits per heavy atom. The molecule has 3 rings (SSSR count). The minimum absolute atomic E-state index is 0.420. The van der Waals surface area contributed by atoms with Crippen molar-refractivity contribution in [3.05, 3.63) is 12.4 Å². The van der Waals surface area contributed by atoms with Gasteiger partial charge in [0.1, 0.15) is 0 Å². The molecule has 5 heteroatoms. The number of aromatic nitrogens is 2. The van der Waals surface area contributed by atoms with Crippen LogP contribution in [0.25, 0.3) is 0 Å². The summed E-state index contributed by atoms with van der Waals surface area (Å²) >= 11 is 0. The van der Waals surface area contributed by atoms with Crippen LogP contribution in [0.5, 0.6) is 0 Å². The highest BCUT2D eigenvalue weighted by Gasteiger charge is 2.31. The van der Waals surface area contributed by atoms with Gasteiger partial charge in [-0.15, -0.1) is 0 Å². The second-order valence-corrected chi connectivity index (χ2v) is 6.49. The average Bonchev–Trinajstić information content (AvgIpc) is 3.08. The van der Waals surface area contributed by atoms with Crippen molar-refractivity contribution < 1.29 is 0 Å². The minimum Gasteiger partial charge on any atom is -0.341 e. The summed E-state index contributed by atoms with van der Waals surface area (Å²) in [5.74, 6) is 1.14. The molecule has 1 atom stereocenters. The van der Waals surface area contributed by atoms with E-state index in [0.717, 1.165) is 45.0 Å². The summed E-state index contributed by atoms with van der Waals surface area (Å²) in [5, 5.41) is 0. The molecule has 2 fully saturated rings. The Morgan fingerprint density at radius 1 is 1.20 bits per heavy atom. The van der Waals surface area contributed by atoms with E-state index in [9.17, 15) is 0 Å². The smallest absolute Gasteiger partial charge is 0.205 e. The van der Waals surface area contributed by atoms with E-state index >= 15 is 0 Å². The van der Waals surface area contributed by atoms with Crippen molar-refractivity contribution in [1.29, 1.82) is 0 Å². The first-order valence-corrected chi connectivity index (χ1v) is 7.92. The second kappa shape index (κ2) is 5.74. The van der Waals surface area contributed by atoms with Crippen LogP contribution >= 0.6 is 0 Å². The van der Waals surface area contributed by atoms with Gasteiger partial charge in [-0.25, -0.2) is 4.98 Å². The first kappa shape index (κ1) is 13.9. The van der Waals surface area contributed by atoms with Crippen molar-refractivity contribution in [3.8, 4) is 0 Å². The van der Waals surface area contributed by atoms with Crippen LogP contribution in [0.3, 0.4) is 0 Å². The van der Waals surface area contributed by atoms with E-state index in [2.05, 4.69) is 39.4 Å². The van der Waals surface area contributed by atoms with E-state index in [4.69, 9.17) is 5.73 Å². The summed E-state index contributed by atoms with van der Waals surface area (Å²) in [7, 11) is 0. The van der Waals surface area contributed by atoms with Gasteiger partial charge in [-0.1, -0.05) is 0 Å². The molecule has 3 heterocycles. The predicted molar refractivity (Wildman–Crippen MR) is 82.0 cm³/mol. The third-order valence-electron chi connectivity index (χ3n) is 4.74. The molecule has 1 aromatic heterocycles. The molecule has 20 heavy (non-hydrogen) atoms. The molecule has 0 spiro atoms. The fraction of sp³-hybridized carbons (Fsp3) is 0.800. The van der Waals surface area contributed by atoms with Crippen LogP contribution in [0.2, 0.25) is 0 Å². The lowest BCUT2D eigenvalue weighted by Gasteiger charge is -2.34. The molecule has 0 bridgehead atoms. The van der Waals surface area contributed by atoms with Crippen LogP contribution in [0.15, 0.2) is 12.4 Å². The fourth-order valence-electron chi connectivity index (χ4n) is 3.46. The first-order chi connectivity index (χ1) is 9.65. The van der Waals surface area contributed by atoms with Crippen LogP contribution in [-0.4, -0.2) is 52.7 Å². The topological polar surface area (TPSA) is 50.3 Å². The summed E-state index contributed by atoms with van der Waals surface area (Å²) in [6.07, 6.45) is 7.56. The number of likely N-dealkylation sites (tertiary alicyclic amines) is 1. The van der Waals surface area contributed by atoms with Gasteiger partial charge in [0.05, 0.1) is 0 Å². The van der Waals surface area contributed by atoms with Crippen molar-refractivity contribution in [2.24, 2.45) is 5.73 Å². The summed E-state index contributed by atoms with van der Waals surface area (Å²) in [6.45, 7) is 8.99. The highest BCUT2D eigenvalue weighted by Crippen LogP contribution is 2.25. The maximum atomic E-state index is 6.00. The fourth-order valence-corrected chi connectivity index (χ4v) is 3.46. The number of nitrogens with zero attached hydrogens (tertiary/aromatic N) is 4. The molecule has 0 amide bonds. The lowest BCUT2D eigenvalue weighted by atomic mass is 10.0. The third-order valence-corrected chi connectivity index (χ3v) is 4.74. The monoisotopic (exact) mass is 277 g/mol. The lowest BCUT2D eigenvalue weighted by Crippen LogP contribution is -2.46. The van der Waals surface area contributed by atoms with Gasteiger partial charge in [-0.2, -0.15) is 0 Å². The second-order valence-electron chi connectivity index (χ2n) is 6.49. The molecular weight excluding hydrogens is 250 g/mol. The molecule has 1 unspecified atom stereocenters. The summed E-state index contributed by atoms with van der Waals surface area (Å²) in [5.41, 5.74) is 6.00. The van der Waals surface area contributed by atoms with E-state index in [1.807, 2.05) is 6.20 Å². The summed E-state index contributed by atoms with van der Waals surface area (Å²) in [4.78, 5) is 9.64. The Balaban J connectivity index is 1.63. The number of piperidine rings is 1. The normalized spacial score (nSPS) is 25.8. The largest absolute Gasteiger partial charge is 0.341 e. The molecule has 2 aliphatic heterocycles. The average molecular weight is 277 g/mol. The van der Waals surface area contributed by atoms with Gasteiger partial charge in [0.2, 0.25) is 5.95 Å². The zero-order valence-electron chi connectivity index (χ0n) is 12.7. The molecule has 112 valence electrons. The molecule has 5 nitrogen and oxygen atoms in total. The van der Waals surface area contributed by atoms with E-state index < -0.39 is 0 Å². The maximum Gasteiger partial charge on any atom is 0.205 e. The number of hydrogen-bond donors (Lipinski definition) is 1. The van der Waals surface area contributed by atoms with Crippen molar-refractivity contribution in [1.82, 2.24) is 14.5 Å². The highest BCUT2D eigenvalue weighted by atomic mass is 15.3. The zero-order valence-corrected chi connectivity index (χ0v) is 12.7. The van der Waals surface area contributed by atoms with Crippen molar-refractivity contribution in [2.45, 2.75) is 51.2 Å². The SMILES string of the molecule is CC(C)n1ccnc1N1CCC(N2CCC(N)CC2)C1. The van der Waals surface area contributed by atoms with Crippen LogP contribution in [0.1, 0.15) is 39.2 Å². The Hall–Kier alpha value is -1.07. The molecule has 0 radical (unpaired) electrons. The van der Waals surface area contributed by atoms with Gasteiger partial charge in [0.25, 0.3) is 0 Å². The Bertz CT molecular complexity index is 433. The van der Waals surface area contributed by atoms with E-state index in [0.29, 0.717) is 18.1 Å². The zero-order chi connectivity index (χ0) is 14.1. The molecule has 0 aliphatic carbocycles. The van der Waals surface area contributed by atoms with E-state index in [-0.39, 0.29) is 0 Å². The number of nitrogens with two attached hydrogens (primary N) is 1. The lowest BCUT2D eigenvalue weighted by molar-refractivity contribution is 0.163. The van der Waals surface area contributed by atoms with Crippen LogP contribution in [0, 0.1) is 0 Å². The van der Waals surface area contributed by atoms with Crippen LogP contribution in [-0.2, 0) is 0 Å². The number of hydrogen-bond acceptors (Lipinski definition) is 4. The number of imidazole rings is 1. The van der Waals surface area contributed by atoms with Crippen molar-refractivity contribution in [2.75, 3.05) is 31.1 Å². The van der Waals surface area contributed by atoms with Crippen molar-refractivity contribution >= 4 is 5.95 Å². The molecule has 2 saturated heterocycles. The predicted octanol–water partition coefficient (Wildman–Crippen LogP) is 1.47. The first-order valence-electron chi connectivity index (χ1n) is 7.92. The molecule has 0 saturated carbocycles. The Labute approximate surface area is 121 Å². The van der Waals surface area contributed by atoms with Gasteiger partial charge in [0.15, 0.2) is 0 Å². The highest BCUT2D eigenvalue weighted by molar-refractivity contribution is 5.34. The standard InChI is InChI=1S/C15H27N5/c1-12(2)20-10-6-17-15(20)19-9-5-14(11-19)18-7-3-13(16)4-8-18/h6,10,12-14H,3-5,7-9,11,16H2,1-2H3. The number of rotatable bonds is 3. The van der Waals surface area contributed by atoms with Crippen LogP contribution in [0.4, 0.5) is 5.95 Å². The van der Waals surface area contributed by atoms with Gasteiger partial charge in [0, 0.05) is 43.6 Å². The Morgan fingerprint density at radius 2 is 1.95 bits per heavy atom. The maximum absolute atomic E-state index is 6.00. The summed E-state index contributed by atoms with van der Waals surface area (Å²) in [6, 6.07) is 1.57. The molecule has 1 aromatic rings. The molecule has 0 aromatic carbocycles. The third kappa shape index (κ3) is 2.69. The van der Waals surface area contributed by atoms with Crippen LogP contribution < -0.4 is 10.6 Å². The van der Waals surface area contributed by atoms with Crippen molar-refractivity contribution in [3.63, 3.8) is 0 Å². The molecule has 2 N–H and O–H groups in total. The Kier molecular flexibility index (Phi) is 3.98. The van der Waals surface area contributed by atoms with Gasteiger partial charge >= 0.3 is 0 Å².